The maximum Gasteiger partial charge on any atom is 0.308 e. The van der Waals surface area contributed by atoms with E-state index in [0.717, 1.165) is 0 Å². The Morgan fingerprint density at radius 2 is 1.69 bits per heavy atom. The van der Waals surface area contributed by atoms with Gasteiger partial charge in [0.05, 0.1) is 13.0 Å². The highest BCUT2D eigenvalue weighted by molar-refractivity contribution is 6.24. The van der Waals surface area contributed by atoms with Crippen molar-refractivity contribution in [2.75, 3.05) is 7.11 Å². The van der Waals surface area contributed by atoms with Crippen molar-refractivity contribution < 1.29 is 9.53 Å². The van der Waals surface area contributed by atoms with Gasteiger partial charge in [0.15, 0.2) is 0 Å². The fourth-order valence-corrected chi connectivity index (χ4v) is 1.15. The Kier molecular flexibility index (Phi) is 3.80. The molecular formula is C10H19ClO2. The molecule has 0 aliphatic rings. The van der Waals surface area contributed by atoms with Gasteiger partial charge in [-0.25, -0.2) is 0 Å². The minimum Gasteiger partial charge on any atom is -0.469 e. The molecule has 0 heterocycles. The molecule has 78 valence electrons. The summed E-state index contributed by atoms with van der Waals surface area (Å²) < 4.78 is 4.70. The van der Waals surface area contributed by atoms with E-state index in [1.807, 2.05) is 34.6 Å². The molecule has 0 N–H and O–H groups in total. The zero-order valence-corrected chi connectivity index (χ0v) is 10.0. The van der Waals surface area contributed by atoms with Gasteiger partial charge in [-0.3, -0.25) is 4.79 Å². The Morgan fingerprint density at radius 3 is 1.92 bits per heavy atom. The summed E-state index contributed by atoms with van der Waals surface area (Å²) in [5.41, 5.74) is -0.290. The SMILES string of the molecule is COC(=O)C(C)C(C)(C)C(C)(C)Cl. The molecule has 0 saturated heterocycles. The number of hydrogen-bond acceptors (Lipinski definition) is 2. The zero-order chi connectivity index (χ0) is 10.9. The third kappa shape index (κ3) is 2.60. The van der Waals surface area contributed by atoms with Gasteiger partial charge in [0.1, 0.15) is 0 Å². The summed E-state index contributed by atoms with van der Waals surface area (Å²) in [5.74, 6) is -0.413. The molecule has 2 nitrogen and oxygen atoms in total. The summed E-state index contributed by atoms with van der Waals surface area (Å²) in [5, 5.41) is 0. The number of ether oxygens (including phenoxy) is 1. The van der Waals surface area contributed by atoms with E-state index in [4.69, 9.17) is 16.3 Å². The molecule has 1 unspecified atom stereocenters. The lowest BCUT2D eigenvalue weighted by atomic mass is 9.71. The Hall–Kier alpha value is -0.240. The summed E-state index contributed by atoms with van der Waals surface area (Å²) in [6.07, 6.45) is 0. The van der Waals surface area contributed by atoms with E-state index < -0.39 is 4.87 Å². The Bertz CT molecular complexity index is 192. The average molecular weight is 207 g/mol. The van der Waals surface area contributed by atoms with Gasteiger partial charge < -0.3 is 4.74 Å². The Balaban J connectivity index is 4.74. The second-order valence-corrected chi connectivity index (χ2v) is 5.38. The number of carbonyl (C=O) groups excluding carboxylic acids is 1. The summed E-state index contributed by atoms with van der Waals surface area (Å²) in [7, 11) is 1.40. The molecule has 1 atom stereocenters. The van der Waals surface area contributed by atoms with Crippen LogP contribution in [0, 0.1) is 11.3 Å². The molecule has 0 rings (SSSR count). The maximum absolute atomic E-state index is 11.3. The van der Waals surface area contributed by atoms with Crippen molar-refractivity contribution in [3.8, 4) is 0 Å². The standard InChI is InChI=1S/C10H19ClO2/c1-7(8(12)13-6)9(2,3)10(4,5)11/h7H,1-6H3. The minimum absolute atomic E-state index is 0.204. The molecule has 0 aliphatic heterocycles. The lowest BCUT2D eigenvalue weighted by Gasteiger charge is -2.40. The topological polar surface area (TPSA) is 26.3 Å². The smallest absolute Gasteiger partial charge is 0.308 e. The van der Waals surface area contributed by atoms with E-state index in [1.165, 1.54) is 7.11 Å². The molecular weight excluding hydrogens is 188 g/mol. The first-order chi connectivity index (χ1) is 5.64. The normalized spacial score (nSPS) is 15.3. The summed E-state index contributed by atoms with van der Waals surface area (Å²) in [6.45, 7) is 9.61. The molecule has 0 amide bonds. The predicted octanol–water partition coefficient (Wildman–Crippen LogP) is 2.84. The fourth-order valence-electron chi connectivity index (χ4n) is 0.986. The van der Waals surface area contributed by atoms with Crippen molar-refractivity contribution in [3.63, 3.8) is 0 Å². The number of halogens is 1. The highest BCUT2D eigenvalue weighted by Gasteiger charge is 2.43. The van der Waals surface area contributed by atoms with Crippen molar-refractivity contribution in [1.29, 1.82) is 0 Å². The number of esters is 1. The average Bonchev–Trinajstić information content (AvgIpc) is 1.99. The van der Waals surface area contributed by atoms with Gasteiger partial charge in [-0.2, -0.15) is 0 Å². The predicted molar refractivity (Wildman–Crippen MR) is 54.9 cm³/mol. The van der Waals surface area contributed by atoms with Crippen molar-refractivity contribution >= 4 is 17.6 Å². The first-order valence-electron chi connectivity index (χ1n) is 4.41. The van der Waals surface area contributed by atoms with Crippen LogP contribution in [0.15, 0.2) is 0 Å². The molecule has 0 spiro atoms. The van der Waals surface area contributed by atoms with Crippen LogP contribution in [0.25, 0.3) is 0 Å². The fraction of sp³-hybridized carbons (Fsp3) is 0.900. The lowest BCUT2D eigenvalue weighted by molar-refractivity contribution is -0.149. The molecule has 0 aromatic heterocycles. The monoisotopic (exact) mass is 206 g/mol. The lowest BCUT2D eigenvalue weighted by Crippen LogP contribution is -2.42. The van der Waals surface area contributed by atoms with Gasteiger partial charge in [-0.1, -0.05) is 20.8 Å². The first-order valence-corrected chi connectivity index (χ1v) is 4.79. The first kappa shape index (κ1) is 12.8. The van der Waals surface area contributed by atoms with Gasteiger partial charge in [-0.05, 0) is 19.3 Å². The molecule has 0 radical (unpaired) electrons. The summed E-state index contributed by atoms with van der Waals surface area (Å²) >= 11 is 6.21. The van der Waals surface area contributed by atoms with Crippen LogP contribution in [0.5, 0.6) is 0 Å². The van der Waals surface area contributed by atoms with E-state index in [2.05, 4.69) is 0 Å². The third-order valence-corrected chi connectivity index (χ3v) is 3.66. The maximum atomic E-state index is 11.3. The Morgan fingerprint density at radius 1 is 1.31 bits per heavy atom. The van der Waals surface area contributed by atoms with Crippen molar-refractivity contribution in [1.82, 2.24) is 0 Å². The molecule has 13 heavy (non-hydrogen) atoms. The van der Waals surface area contributed by atoms with E-state index in [9.17, 15) is 4.79 Å². The quantitative estimate of drug-likeness (QED) is 0.525. The van der Waals surface area contributed by atoms with Crippen LogP contribution >= 0.6 is 11.6 Å². The highest BCUT2D eigenvalue weighted by atomic mass is 35.5. The molecule has 0 fully saturated rings. The van der Waals surface area contributed by atoms with Gasteiger partial charge in [0, 0.05) is 4.87 Å². The number of methoxy groups -OCH3 is 1. The number of alkyl halides is 1. The van der Waals surface area contributed by atoms with E-state index >= 15 is 0 Å². The molecule has 0 aromatic rings. The third-order valence-electron chi connectivity index (χ3n) is 3.17. The summed E-state index contributed by atoms with van der Waals surface area (Å²) in [4.78, 5) is 10.9. The van der Waals surface area contributed by atoms with Crippen LogP contribution in [0.4, 0.5) is 0 Å². The number of carbonyl (C=O) groups is 1. The van der Waals surface area contributed by atoms with Crippen LogP contribution in [0.2, 0.25) is 0 Å². The number of rotatable bonds is 3. The molecule has 0 saturated carbocycles. The molecule has 0 bridgehead atoms. The van der Waals surface area contributed by atoms with Gasteiger partial charge in [-0.15, -0.1) is 11.6 Å². The van der Waals surface area contributed by atoms with Gasteiger partial charge >= 0.3 is 5.97 Å². The molecule has 0 aliphatic carbocycles. The molecule has 0 aromatic carbocycles. The van der Waals surface area contributed by atoms with E-state index in [-0.39, 0.29) is 17.3 Å². The minimum atomic E-state index is -0.430. The highest BCUT2D eigenvalue weighted by Crippen LogP contribution is 2.42. The number of hydrogen-bond donors (Lipinski definition) is 0. The van der Waals surface area contributed by atoms with Crippen LogP contribution in [-0.2, 0) is 9.53 Å². The second kappa shape index (κ2) is 3.87. The van der Waals surface area contributed by atoms with Crippen LogP contribution in [0.1, 0.15) is 34.6 Å². The van der Waals surface area contributed by atoms with Crippen molar-refractivity contribution in [2.24, 2.45) is 11.3 Å². The largest absolute Gasteiger partial charge is 0.469 e. The van der Waals surface area contributed by atoms with Gasteiger partial charge in [0.2, 0.25) is 0 Å². The van der Waals surface area contributed by atoms with E-state index in [1.54, 1.807) is 0 Å². The molecule has 3 heteroatoms. The zero-order valence-electron chi connectivity index (χ0n) is 9.27. The van der Waals surface area contributed by atoms with Gasteiger partial charge in [0.25, 0.3) is 0 Å². The van der Waals surface area contributed by atoms with Crippen LogP contribution in [0.3, 0.4) is 0 Å². The van der Waals surface area contributed by atoms with Crippen LogP contribution in [-0.4, -0.2) is 18.0 Å². The van der Waals surface area contributed by atoms with E-state index in [0.29, 0.717) is 0 Å². The second-order valence-electron chi connectivity index (χ2n) is 4.44. The Labute approximate surface area is 85.6 Å². The van der Waals surface area contributed by atoms with Crippen molar-refractivity contribution in [2.45, 2.75) is 39.5 Å². The summed E-state index contributed by atoms with van der Waals surface area (Å²) in [6, 6.07) is 0. The van der Waals surface area contributed by atoms with Crippen molar-refractivity contribution in [3.05, 3.63) is 0 Å². The van der Waals surface area contributed by atoms with Crippen LogP contribution < -0.4 is 0 Å².